The fourth-order valence-corrected chi connectivity index (χ4v) is 4.85. The lowest BCUT2D eigenvalue weighted by Gasteiger charge is -2.34. The molecule has 2 saturated heterocycles. The van der Waals surface area contributed by atoms with Gasteiger partial charge in [-0.3, -0.25) is 4.90 Å². The van der Waals surface area contributed by atoms with Crippen molar-refractivity contribution in [3.05, 3.63) is 0 Å². The molecule has 0 amide bonds. The van der Waals surface area contributed by atoms with E-state index in [-0.39, 0.29) is 43.4 Å². The summed E-state index contributed by atoms with van der Waals surface area (Å²) in [5.74, 6) is -2.51. The number of ether oxygens (including phenoxy) is 1. The van der Waals surface area contributed by atoms with Gasteiger partial charge >= 0.3 is 0 Å². The third-order valence-electron chi connectivity index (χ3n) is 5.05. The first kappa shape index (κ1) is 15.6. The zero-order chi connectivity index (χ0) is 15.3. The summed E-state index contributed by atoms with van der Waals surface area (Å²) in [6.07, 6.45) is 0.665. The number of halogens is 2. The zero-order valence-corrected chi connectivity index (χ0v) is 13.0. The van der Waals surface area contributed by atoms with Crippen LogP contribution in [0.1, 0.15) is 25.7 Å². The molecule has 0 aromatic rings. The second-order valence-corrected chi connectivity index (χ2v) is 8.50. The Morgan fingerprint density at radius 1 is 1.19 bits per heavy atom. The lowest BCUT2D eigenvalue weighted by Crippen LogP contribution is -2.44. The summed E-state index contributed by atoms with van der Waals surface area (Å²) in [7, 11) is -1.67. The number of likely N-dealkylation sites (tertiary alicyclic amines) is 1. The molecule has 0 bridgehead atoms. The summed E-state index contributed by atoms with van der Waals surface area (Å²) >= 11 is 0. The molecule has 122 valence electrons. The average Bonchev–Trinajstić information content (AvgIpc) is 2.77. The SMILES string of the molecule is CN1[C@@H]2CN(C3CCC(F)(F)CC3)C[C@@H]2OCCS1(=O)=O. The summed E-state index contributed by atoms with van der Waals surface area (Å²) in [4.78, 5) is 2.14. The average molecular weight is 324 g/mol. The minimum Gasteiger partial charge on any atom is -0.374 e. The number of fused-ring (bicyclic) bond motifs is 1. The summed E-state index contributed by atoms with van der Waals surface area (Å²) < 4.78 is 57.7. The van der Waals surface area contributed by atoms with Crippen molar-refractivity contribution in [3.8, 4) is 0 Å². The van der Waals surface area contributed by atoms with Gasteiger partial charge in [0, 0.05) is 39.0 Å². The minimum absolute atomic E-state index is 0.0200. The van der Waals surface area contributed by atoms with E-state index in [4.69, 9.17) is 4.74 Å². The maximum absolute atomic E-state index is 13.2. The zero-order valence-electron chi connectivity index (χ0n) is 12.2. The molecule has 2 atom stereocenters. The van der Waals surface area contributed by atoms with E-state index in [1.165, 1.54) is 4.31 Å². The van der Waals surface area contributed by atoms with Gasteiger partial charge in [0.1, 0.15) is 0 Å². The highest BCUT2D eigenvalue weighted by atomic mass is 32.2. The number of hydrogen-bond donors (Lipinski definition) is 0. The first-order valence-electron chi connectivity index (χ1n) is 7.48. The highest BCUT2D eigenvalue weighted by Crippen LogP contribution is 2.37. The summed E-state index contributed by atoms with van der Waals surface area (Å²) in [6, 6.07) is -0.0730. The number of rotatable bonds is 1. The summed E-state index contributed by atoms with van der Waals surface area (Å²) in [5.41, 5.74) is 0. The van der Waals surface area contributed by atoms with E-state index in [1.807, 2.05) is 0 Å². The Morgan fingerprint density at radius 2 is 1.86 bits per heavy atom. The van der Waals surface area contributed by atoms with Crippen LogP contribution >= 0.6 is 0 Å². The highest BCUT2D eigenvalue weighted by molar-refractivity contribution is 7.89. The van der Waals surface area contributed by atoms with Crippen LogP contribution in [0.3, 0.4) is 0 Å². The molecule has 5 nitrogen and oxygen atoms in total. The van der Waals surface area contributed by atoms with Gasteiger partial charge in [-0.25, -0.2) is 17.2 Å². The summed E-state index contributed by atoms with van der Waals surface area (Å²) in [5, 5.41) is 0. The molecule has 21 heavy (non-hydrogen) atoms. The first-order chi connectivity index (χ1) is 9.78. The molecule has 3 fully saturated rings. The standard InChI is InChI=1S/C13H22F2N2O3S/c1-16-11-8-17(10-2-4-13(14,15)5-3-10)9-12(11)20-6-7-21(16,18)19/h10-12H,2-9H2,1H3/t11-,12+/m1/s1. The molecule has 3 rings (SSSR count). The van der Waals surface area contributed by atoms with Gasteiger partial charge in [-0.05, 0) is 12.8 Å². The van der Waals surface area contributed by atoms with Crippen LogP contribution in [-0.4, -0.2) is 74.2 Å². The predicted octanol–water partition coefficient (Wildman–Crippen LogP) is 0.909. The van der Waals surface area contributed by atoms with Crippen LogP contribution in [0.5, 0.6) is 0 Å². The van der Waals surface area contributed by atoms with Crippen LogP contribution in [0.25, 0.3) is 0 Å². The second-order valence-electron chi connectivity index (χ2n) is 6.35. The molecule has 2 heterocycles. The highest BCUT2D eigenvalue weighted by Gasteiger charge is 2.46. The van der Waals surface area contributed by atoms with Gasteiger partial charge in [0.15, 0.2) is 0 Å². The van der Waals surface area contributed by atoms with E-state index in [9.17, 15) is 17.2 Å². The van der Waals surface area contributed by atoms with E-state index in [2.05, 4.69) is 4.90 Å². The quantitative estimate of drug-likeness (QED) is 0.719. The van der Waals surface area contributed by atoms with Gasteiger partial charge in [0.2, 0.25) is 15.9 Å². The normalized spacial score (nSPS) is 38.0. The molecule has 0 aromatic carbocycles. The Labute approximate surface area is 124 Å². The molecule has 0 spiro atoms. The molecule has 3 aliphatic rings. The Morgan fingerprint density at radius 3 is 2.52 bits per heavy atom. The lowest BCUT2D eigenvalue weighted by atomic mass is 9.91. The van der Waals surface area contributed by atoms with Crippen LogP contribution in [0.2, 0.25) is 0 Å². The molecule has 0 aromatic heterocycles. The van der Waals surface area contributed by atoms with Crippen molar-refractivity contribution in [3.63, 3.8) is 0 Å². The number of sulfonamides is 1. The molecular formula is C13H22F2N2O3S. The molecule has 0 unspecified atom stereocenters. The Bertz CT molecular complexity index is 490. The largest absolute Gasteiger partial charge is 0.374 e. The van der Waals surface area contributed by atoms with Crippen LogP contribution in [0, 0.1) is 0 Å². The fourth-order valence-electron chi connectivity index (χ4n) is 3.64. The molecule has 2 aliphatic heterocycles. The molecule has 8 heteroatoms. The van der Waals surface area contributed by atoms with E-state index < -0.39 is 15.9 Å². The van der Waals surface area contributed by atoms with Crippen molar-refractivity contribution in [2.75, 3.05) is 32.5 Å². The summed E-state index contributed by atoms with van der Waals surface area (Å²) in [6.45, 7) is 1.43. The lowest BCUT2D eigenvalue weighted by molar-refractivity contribution is -0.0529. The van der Waals surface area contributed by atoms with Gasteiger partial charge in [-0.2, -0.15) is 4.31 Å². The molecule has 0 radical (unpaired) electrons. The molecule has 0 N–H and O–H groups in total. The minimum atomic E-state index is -3.26. The number of likely N-dealkylation sites (N-methyl/N-ethyl adjacent to an activating group) is 1. The van der Waals surface area contributed by atoms with Crippen molar-refractivity contribution in [2.24, 2.45) is 0 Å². The fraction of sp³-hybridized carbons (Fsp3) is 1.00. The Balaban J connectivity index is 1.67. The molecular weight excluding hydrogens is 302 g/mol. The molecule has 1 aliphatic carbocycles. The van der Waals surface area contributed by atoms with Crippen molar-refractivity contribution in [1.82, 2.24) is 9.21 Å². The van der Waals surface area contributed by atoms with Gasteiger partial charge in [-0.15, -0.1) is 0 Å². The smallest absolute Gasteiger partial charge is 0.248 e. The van der Waals surface area contributed by atoms with Gasteiger partial charge in [0.05, 0.1) is 24.5 Å². The van der Waals surface area contributed by atoms with Crippen LogP contribution < -0.4 is 0 Å². The maximum atomic E-state index is 13.2. The van der Waals surface area contributed by atoms with Crippen molar-refractivity contribution in [2.45, 2.75) is 49.8 Å². The first-order valence-corrected chi connectivity index (χ1v) is 9.09. The van der Waals surface area contributed by atoms with E-state index in [1.54, 1.807) is 7.05 Å². The van der Waals surface area contributed by atoms with Gasteiger partial charge < -0.3 is 4.74 Å². The Kier molecular flexibility index (Phi) is 4.01. The maximum Gasteiger partial charge on any atom is 0.248 e. The van der Waals surface area contributed by atoms with Gasteiger partial charge in [-0.1, -0.05) is 0 Å². The van der Waals surface area contributed by atoms with E-state index >= 15 is 0 Å². The third-order valence-corrected chi connectivity index (χ3v) is 6.88. The van der Waals surface area contributed by atoms with Crippen molar-refractivity contribution in [1.29, 1.82) is 0 Å². The topological polar surface area (TPSA) is 49.9 Å². The number of nitrogens with zero attached hydrogens (tertiary/aromatic N) is 2. The Hall–Kier alpha value is -0.310. The van der Waals surface area contributed by atoms with Crippen molar-refractivity contribution < 1.29 is 21.9 Å². The predicted molar refractivity (Wildman–Crippen MR) is 73.9 cm³/mol. The van der Waals surface area contributed by atoms with Crippen LogP contribution in [0.15, 0.2) is 0 Å². The second kappa shape index (κ2) is 5.40. The van der Waals surface area contributed by atoms with E-state index in [0.717, 1.165) is 0 Å². The number of hydrogen-bond acceptors (Lipinski definition) is 4. The monoisotopic (exact) mass is 324 g/mol. The van der Waals surface area contributed by atoms with E-state index in [0.29, 0.717) is 25.9 Å². The van der Waals surface area contributed by atoms with Crippen LogP contribution in [0.4, 0.5) is 8.78 Å². The van der Waals surface area contributed by atoms with Crippen molar-refractivity contribution >= 4 is 10.0 Å². The molecule has 1 saturated carbocycles. The number of alkyl halides is 2. The third kappa shape index (κ3) is 3.09. The van der Waals surface area contributed by atoms with Gasteiger partial charge in [0.25, 0.3) is 0 Å². The van der Waals surface area contributed by atoms with Crippen LogP contribution in [-0.2, 0) is 14.8 Å².